The Bertz CT molecular complexity index is 427. The molecule has 98 valence electrons. The van der Waals surface area contributed by atoms with E-state index < -0.39 is 6.36 Å². The third kappa shape index (κ3) is 3.36. The van der Waals surface area contributed by atoms with E-state index in [1.807, 2.05) is 0 Å². The number of nitrogens with one attached hydrogen (secondary N) is 2. The van der Waals surface area contributed by atoms with Crippen LogP contribution in [0.1, 0.15) is 10.4 Å². The average Bonchev–Trinajstić information content (AvgIpc) is 2.22. The molecule has 1 amide bonds. The standard InChI is InChI=1S/C11H11F3N2O2/c12-11(13,14)18-9-3-1-7(2-4-9)10(17)16-8-5-15-6-8/h1-4,8,15H,5-6H2,(H,16,17). The summed E-state index contributed by atoms with van der Waals surface area (Å²) in [4.78, 5) is 11.6. The fourth-order valence-electron chi connectivity index (χ4n) is 1.47. The number of carbonyl (C=O) groups is 1. The molecule has 0 saturated carbocycles. The largest absolute Gasteiger partial charge is 0.573 e. The quantitative estimate of drug-likeness (QED) is 0.861. The lowest BCUT2D eigenvalue weighted by Gasteiger charge is -2.27. The second kappa shape index (κ2) is 4.85. The Kier molecular flexibility index (Phi) is 3.42. The van der Waals surface area contributed by atoms with Gasteiger partial charge in [0.25, 0.3) is 5.91 Å². The van der Waals surface area contributed by atoms with Gasteiger partial charge < -0.3 is 15.4 Å². The van der Waals surface area contributed by atoms with E-state index in [1.54, 1.807) is 0 Å². The molecule has 0 atom stereocenters. The van der Waals surface area contributed by atoms with Gasteiger partial charge in [-0.05, 0) is 24.3 Å². The minimum Gasteiger partial charge on any atom is -0.406 e. The first kappa shape index (κ1) is 12.7. The number of benzene rings is 1. The van der Waals surface area contributed by atoms with Gasteiger partial charge in [0.15, 0.2) is 0 Å². The fraction of sp³-hybridized carbons (Fsp3) is 0.364. The van der Waals surface area contributed by atoms with E-state index in [0.29, 0.717) is 18.7 Å². The van der Waals surface area contributed by atoms with Crippen molar-refractivity contribution in [2.75, 3.05) is 13.1 Å². The second-order valence-electron chi connectivity index (χ2n) is 3.90. The lowest BCUT2D eigenvalue weighted by Crippen LogP contribution is -2.56. The Morgan fingerprint density at radius 2 is 1.89 bits per heavy atom. The van der Waals surface area contributed by atoms with Crippen molar-refractivity contribution in [2.45, 2.75) is 12.4 Å². The van der Waals surface area contributed by atoms with E-state index >= 15 is 0 Å². The molecule has 1 heterocycles. The molecule has 0 spiro atoms. The molecule has 0 unspecified atom stereocenters. The normalized spacial score (nSPS) is 15.9. The summed E-state index contributed by atoms with van der Waals surface area (Å²) < 4.78 is 39.5. The van der Waals surface area contributed by atoms with E-state index in [9.17, 15) is 18.0 Å². The van der Waals surface area contributed by atoms with Crippen LogP contribution in [0.25, 0.3) is 0 Å². The van der Waals surface area contributed by atoms with Gasteiger partial charge in [-0.15, -0.1) is 13.2 Å². The third-order valence-electron chi connectivity index (χ3n) is 2.47. The molecule has 7 heteroatoms. The molecule has 0 bridgehead atoms. The molecule has 1 aliphatic rings. The van der Waals surface area contributed by atoms with Crippen LogP contribution >= 0.6 is 0 Å². The summed E-state index contributed by atoms with van der Waals surface area (Å²) in [5.41, 5.74) is 0.302. The summed E-state index contributed by atoms with van der Waals surface area (Å²) in [6.07, 6.45) is -4.72. The van der Waals surface area contributed by atoms with Crippen LogP contribution < -0.4 is 15.4 Å². The van der Waals surface area contributed by atoms with Crippen LogP contribution in [0, 0.1) is 0 Å². The van der Waals surface area contributed by atoms with Gasteiger partial charge in [0.1, 0.15) is 5.75 Å². The maximum absolute atomic E-state index is 11.9. The Labute approximate surface area is 101 Å². The molecule has 0 aromatic heterocycles. The first-order valence-corrected chi connectivity index (χ1v) is 5.31. The summed E-state index contributed by atoms with van der Waals surface area (Å²) in [5.74, 6) is -0.649. The molecule has 1 fully saturated rings. The third-order valence-corrected chi connectivity index (χ3v) is 2.47. The van der Waals surface area contributed by atoms with Crippen molar-refractivity contribution in [1.29, 1.82) is 0 Å². The van der Waals surface area contributed by atoms with Crippen LogP contribution in [0.5, 0.6) is 5.75 Å². The number of rotatable bonds is 3. The van der Waals surface area contributed by atoms with Gasteiger partial charge >= 0.3 is 6.36 Å². The van der Waals surface area contributed by atoms with Crippen molar-refractivity contribution in [1.82, 2.24) is 10.6 Å². The predicted molar refractivity (Wildman–Crippen MR) is 57.2 cm³/mol. The molecule has 18 heavy (non-hydrogen) atoms. The van der Waals surface area contributed by atoms with Gasteiger partial charge in [-0.1, -0.05) is 0 Å². The first-order chi connectivity index (χ1) is 8.44. The molecule has 1 saturated heterocycles. The molecular weight excluding hydrogens is 249 g/mol. The number of hydrogen-bond donors (Lipinski definition) is 2. The van der Waals surface area contributed by atoms with Crippen molar-refractivity contribution in [2.24, 2.45) is 0 Å². The molecule has 1 aromatic carbocycles. The van der Waals surface area contributed by atoms with Crippen molar-refractivity contribution in [3.05, 3.63) is 29.8 Å². The van der Waals surface area contributed by atoms with Gasteiger partial charge in [0.05, 0.1) is 6.04 Å². The van der Waals surface area contributed by atoms with Gasteiger partial charge in [-0.3, -0.25) is 4.79 Å². The predicted octanol–water partition coefficient (Wildman–Crippen LogP) is 1.29. The van der Waals surface area contributed by atoms with Crippen LogP contribution in [0.2, 0.25) is 0 Å². The van der Waals surface area contributed by atoms with Gasteiger partial charge in [0.2, 0.25) is 0 Å². The summed E-state index contributed by atoms with van der Waals surface area (Å²) >= 11 is 0. The van der Waals surface area contributed by atoms with Gasteiger partial charge in [-0.25, -0.2) is 0 Å². The van der Waals surface area contributed by atoms with Crippen LogP contribution in [0.3, 0.4) is 0 Å². The Hall–Kier alpha value is -1.76. The summed E-state index contributed by atoms with van der Waals surface area (Å²) in [6.45, 7) is 1.42. The van der Waals surface area contributed by atoms with E-state index in [4.69, 9.17) is 0 Å². The van der Waals surface area contributed by atoms with Gasteiger partial charge in [0, 0.05) is 18.7 Å². The van der Waals surface area contributed by atoms with Crippen molar-refractivity contribution in [3.8, 4) is 5.75 Å². The average molecular weight is 260 g/mol. The Morgan fingerprint density at radius 3 is 2.33 bits per heavy atom. The number of amides is 1. The molecule has 1 aromatic rings. The van der Waals surface area contributed by atoms with Crippen LogP contribution in [0.4, 0.5) is 13.2 Å². The smallest absolute Gasteiger partial charge is 0.406 e. The van der Waals surface area contributed by atoms with E-state index in [-0.39, 0.29) is 17.7 Å². The lowest BCUT2D eigenvalue weighted by molar-refractivity contribution is -0.274. The molecule has 2 rings (SSSR count). The second-order valence-corrected chi connectivity index (χ2v) is 3.90. The number of carbonyl (C=O) groups excluding carboxylic acids is 1. The summed E-state index contributed by atoms with van der Waals surface area (Å²) in [7, 11) is 0. The van der Waals surface area contributed by atoms with E-state index in [1.165, 1.54) is 12.1 Å². The minimum atomic E-state index is -4.72. The highest BCUT2D eigenvalue weighted by Gasteiger charge is 2.31. The van der Waals surface area contributed by atoms with Crippen LogP contribution in [-0.2, 0) is 0 Å². The Balaban J connectivity index is 1.96. The molecule has 4 nitrogen and oxygen atoms in total. The van der Waals surface area contributed by atoms with E-state index in [0.717, 1.165) is 12.1 Å². The molecule has 0 aliphatic carbocycles. The summed E-state index contributed by atoms with van der Waals surface area (Å²) in [5, 5.41) is 5.73. The zero-order valence-electron chi connectivity index (χ0n) is 9.25. The SMILES string of the molecule is O=C(NC1CNC1)c1ccc(OC(F)(F)F)cc1. The Morgan fingerprint density at radius 1 is 1.28 bits per heavy atom. The number of hydrogen-bond acceptors (Lipinski definition) is 3. The maximum Gasteiger partial charge on any atom is 0.573 e. The number of ether oxygens (including phenoxy) is 1. The van der Waals surface area contributed by atoms with Crippen molar-refractivity contribution < 1.29 is 22.7 Å². The maximum atomic E-state index is 11.9. The van der Waals surface area contributed by atoms with Crippen molar-refractivity contribution in [3.63, 3.8) is 0 Å². The fourth-order valence-corrected chi connectivity index (χ4v) is 1.47. The van der Waals surface area contributed by atoms with Crippen LogP contribution in [-0.4, -0.2) is 31.4 Å². The van der Waals surface area contributed by atoms with Crippen molar-refractivity contribution >= 4 is 5.91 Å². The van der Waals surface area contributed by atoms with Crippen LogP contribution in [0.15, 0.2) is 24.3 Å². The molecule has 0 radical (unpaired) electrons. The highest BCUT2D eigenvalue weighted by Crippen LogP contribution is 2.22. The van der Waals surface area contributed by atoms with E-state index in [2.05, 4.69) is 15.4 Å². The first-order valence-electron chi connectivity index (χ1n) is 5.31. The molecular formula is C11H11F3N2O2. The molecule has 2 N–H and O–H groups in total. The van der Waals surface area contributed by atoms with Gasteiger partial charge in [-0.2, -0.15) is 0 Å². The lowest BCUT2D eigenvalue weighted by atomic mass is 10.1. The molecule has 1 aliphatic heterocycles. The number of halogens is 3. The zero-order valence-corrected chi connectivity index (χ0v) is 9.25. The topological polar surface area (TPSA) is 50.4 Å². The monoisotopic (exact) mass is 260 g/mol. The highest BCUT2D eigenvalue weighted by molar-refractivity contribution is 5.94. The zero-order chi connectivity index (χ0) is 13.2. The minimum absolute atomic E-state index is 0.0867. The summed E-state index contributed by atoms with van der Waals surface area (Å²) in [6, 6.07) is 4.90. The highest BCUT2D eigenvalue weighted by atomic mass is 19.4. The number of alkyl halides is 3.